The van der Waals surface area contributed by atoms with Crippen molar-refractivity contribution in [3.63, 3.8) is 0 Å². The molecule has 0 amide bonds. The Hall–Kier alpha value is -1.73. The van der Waals surface area contributed by atoms with Crippen LogP contribution in [0.4, 0.5) is 11.5 Å². The SMILES string of the molecule is CCCc1cc(NS(=O)(=O)c2cc(N)c(C)cc2Cl)n[nH]1. The lowest BCUT2D eigenvalue weighted by molar-refractivity contribution is 0.601. The van der Waals surface area contributed by atoms with Crippen molar-refractivity contribution >= 4 is 33.1 Å². The van der Waals surface area contributed by atoms with E-state index >= 15 is 0 Å². The van der Waals surface area contributed by atoms with Crippen LogP contribution in [0.25, 0.3) is 0 Å². The number of rotatable bonds is 5. The lowest BCUT2D eigenvalue weighted by atomic mass is 10.2. The molecule has 0 aliphatic carbocycles. The first-order valence-electron chi connectivity index (χ1n) is 6.46. The fraction of sp³-hybridized carbons (Fsp3) is 0.308. The molecule has 2 rings (SSSR count). The van der Waals surface area contributed by atoms with E-state index in [2.05, 4.69) is 14.9 Å². The number of halogens is 1. The first-order chi connectivity index (χ1) is 9.83. The molecule has 21 heavy (non-hydrogen) atoms. The van der Waals surface area contributed by atoms with Crippen molar-refractivity contribution < 1.29 is 8.42 Å². The van der Waals surface area contributed by atoms with Crippen LogP contribution in [0, 0.1) is 6.92 Å². The van der Waals surface area contributed by atoms with Gasteiger partial charge in [0.15, 0.2) is 5.82 Å². The van der Waals surface area contributed by atoms with Crippen LogP contribution < -0.4 is 10.5 Å². The summed E-state index contributed by atoms with van der Waals surface area (Å²) in [4.78, 5) is -0.0627. The van der Waals surface area contributed by atoms with Gasteiger partial charge in [0.1, 0.15) is 4.90 Å². The summed E-state index contributed by atoms with van der Waals surface area (Å²) in [6, 6.07) is 4.53. The van der Waals surface area contributed by atoms with Crippen molar-refractivity contribution in [1.29, 1.82) is 0 Å². The Morgan fingerprint density at radius 3 is 2.76 bits per heavy atom. The lowest BCUT2D eigenvalue weighted by Gasteiger charge is -2.09. The third-order valence-corrected chi connectivity index (χ3v) is 4.82. The number of sulfonamides is 1. The van der Waals surface area contributed by atoms with Gasteiger partial charge in [-0.1, -0.05) is 24.9 Å². The van der Waals surface area contributed by atoms with E-state index in [0.717, 1.165) is 24.1 Å². The first kappa shape index (κ1) is 15.7. The molecule has 0 aliphatic heterocycles. The minimum Gasteiger partial charge on any atom is -0.398 e. The van der Waals surface area contributed by atoms with E-state index in [9.17, 15) is 8.42 Å². The fourth-order valence-electron chi connectivity index (χ4n) is 1.88. The summed E-state index contributed by atoms with van der Waals surface area (Å²) in [6.07, 6.45) is 1.74. The van der Waals surface area contributed by atoms with Crippen LogP contribution in [0.15, 0.2) is 23.1 Å². The highest BCUT2D eigenvalue weighted by molar-refractivity contribution is 7.92. The summed E-state index contributed by atoms with van der Waals surface area (Å²) in [6.45, 7) is 3.79. The summed E-state index contributed by atoms with van der Waals surface area (Å²) in [5.41, 5.74) is 7.71. The average molecular weight is 329 g/mol. The Morgan fingerprint density at radius 2 is 2.10 bits per heavy atom. The Balaban J connectivity index is 2.31. The summed E-state index contributed by atoms with van der Waals surface area (Å²) in [5.74, 6) is 0.230. The highest BCUT2D eigenvalue weighted by atomic mass is 35.5. The molecular weight excluding hydrogens is 312 g/mol. The van der Waals surface area contributed by atoms with E-state index in [-0.39, 0.29) is 15.7 Å². The third-order valence-electron chi connectivity index (χ3n) is 3.00. The van der Waals surface area contributed by atoms with Gasteiger partial charge in [-0.2, -0.15) is 5.10 Å². The molecule has 0 atom stereocenters. The molecular formula is C13H17ClN4O2S. The van der Waals surface area contributed by atoms with Crippen LogP contribution in [-0.2, 0) is 16.4 Å². The molecule has 6 nitrogen and oxygen atoms in total. The number of anilines is 2. The van der Waals surface area contributed by atoms with E-state index in [1.807, 2.05) is 6.92 Å². The molecule has 0 aliphatic rings. The van der Waals surface area contributed by atoms with Crippen LogP contribution in [0.3, 0.4) is 0 Å². The first-order valence-corrected chi connectivity index (χ1v) is 8.32. The monoisotopic (exact) mass is 328 g/mol. The quantitative estimate of drug-likeness (QED) is 0.734. The number of benzene rings is 1. The molecule has 0 unspecified atom stereocenters. The zero-order valence-electron chi connectivity index (χ0n) is 11.8. The number of nitrogen functional groups attached to an aromatic ring is 1. The minimum absolute atomic E-state index is 0.0627. The van der Waals surface area contributed by atoms with Crippen molar-refractivity contribution in [3.8, 4) is 0 Å². The predicted octanol–water partition coefficient (Wildman–Crippen LogP) is 2.71. The number of aromatic amines is 1. The van der Waals surface area contributed by atoms with Crippen LogP contribution in [0.1, 0.15) is 24.6 Å². The van der Waals surface area contributed by atoms with Gasteiger partial charge in [0.25, 0.3) is 10.0 Å². The zero-order valence-corrected chi connectivity index (χ0v) is 13.3. The Kier molecular flexibility index (Phi) is 4.43. The second-order valence-electron chi connectivity index (χ2n) is 4.77. The number of H-pyrrole nitrogens is 1. The van der Waals surface area contributed by atoms with Crippen LogP contribution in [0.2, 0.25) is 5.02 Å². The molecule has 0 bridgehead atoms. The number of aryl methyl sites for hydroxylation is 2. The molecule has 1 heterocycles. The summed E-state index contributed by atoms with van der Waals surface area (Å²) in [5, 5.41) is 6.83. The van der Waals surface area contributed by atoms with Gasteiger partial charge in [0.2, 0.25) is 0 Å². The van der Waals surface area contributed by atoms with Gasteiger partial charge in [-0.25, -0.2) is 8.42 Å². The Bertz CT molecular complexity index is 756. The maximum absolute atomic E-state index is 12.3. The van der Waals surface area contributed by atoms with Gasteiger partial charge in [0.05, 0.1) is 5.02 Å². The molecule has 0 radical (unpaired) electrons. The minimum atomic E-state index is -3.83. The van der Waals surface area contributed by atoms with Crippen LogP contribution in [0.5, 0.6) is 0 Å². The molecule has 0 fully saturated rings. The van der Waals surface area contributed by atoms with Gasteiger partial charge < -0.3 is 5.73 Å². The number of nitrogens with zero attached hydrogens (tertiary/aromatic N) is 1. The molecule has 1 aromatic carbocycles. The number of nitrogens with one attached hydrogen (secondary N) is 2. The lowest BCUT2D eigenvalue weighted by Crippen LogP contribution is -2.14. The maximum atomic E-state index is 12.3. The van der Waals surface area contributed by atoms with Crippen molar-refractivity contribution in [2.75, 3.05) is 10.5 Å². The largest absolute Gasteiger partial charge is 0.398 e. The number of hydrogen-bond donors (Lipinski definition) is 3. The molecule has 0 saturated carbocycles. The van der Waals surface area contributed by atoms with Gasteiger partial charge in [-0.3, -0.25) is 9.82 Å². The van der Waals surface area contributed by atoms with E-state index in [0.29, 0.717) is 5.69 Å². The summed E-state index contributed by atoms with van der Waals surface area (Å²) < 4.78 is 27.1. The number of nitrogens with two attached hydrogens (primary N) is 1. The van der Waals surface area contributed by atoms with E-state index in [1.165, 1.54) is 12.1 Å². The molecule has 114 valence electrons. The fourth-order valence-corrected chi connectivity index (χ4v) is 3.49. The van der Waals surface area contributed by atoms with Crippen molar-refractivity contribution in [2.24, 2.45) is 0 Å². The van der Waals surface area contributed by atoms with Gasteiger partial charge in [-0.05, 0) is 31.0 Å². The van der Waals surface area contributed by atoms with Crippen LogP contribution >= 0.6 is 11.6 Å². The normalized spacial score (nSPS) is 11.6. The molecule has 2 aromatic rings. The molecule has 4 N–H and O–H groups in total. The second kappa shape index (κ2) is 5.95. The van der Waals surface area contributed by atoms with E-state index in [4.69, 9.17) is 17.3 Å². The van der Waals surface area contributed by atoms with Gasteiger partial charge in [-0.15, -0.1) is 0 Å². The van der Waals surface area contributed by atoms with Crippen LogP contribution in [-0.4, -0.2) is 18.6 Å². The van der Waals surface area contributed by atoms with Gasteiger partial charge >= 0.3 is 0 Å². The third kappa shape index (κ3) is 3.48. The smallest absolute Gasteiger partial charge is 0.264 e. The number of aromatic nitrogens is 2. The summed E-state index contributed by atoms with van der Waals surface area (Å²) in [7, 11) is -3.83. The molecule has 0 saturated heterocycles. The zero-order chi connectivity index (χ0) is 15.6. The second-order valence-corrected chi connectivity index (χ2v) is 6.83. The molecule has 1 aromatic heterocycles. The van der Waals surface area contributed by atoms with E-state index in [1.54, 1.807) is 13.0 Å². The number of hydrogen-bond acceptors (Lipinski definition) is 4. The standard InChI is InChI=1S/C13H17ClN4O2S/c1-3-4-9-6-13(17-16-9)18-21(19,20)12-7-11(15)8(2)5-10(12)14/h5-7H,3-4,15H2,1-2H3,(H2,16,17,18). The topological polar surface area (TPSA) is 101 Å². The Labute approximate surface area is 128 Å². The Morgan fingerprint density at radius 1 is 1.38 bits per heavy atom. The predicted molar refractivity (Wildman–Crippen MR) is 84.0 cm³/mol. The van der Waals surface area contributed by atoms with Crippen molar-refractivity contribution in [1.82, 2.24) is 10.2 Å². The average Bonchev–Trinajstić information content (AvgIpc) is 2.80. The van der Waals surface area contributed by atoms with Crippen molar-refractivity contribution in [3.05, 3.63) is 34.5 Å². The van der Waals surface area contributed by atoms with Gasteiger partial charge in [0, 0.05) is 17.4 Å². The van der Waals surface area contributed by atoms with E-state index < -0.39 is 10.0 Å². The highest BCUT2D eigenvalue weighted by Crippen LogP contribution is 2.28. The van der Waals surface area contributed by atoms with Crippen molar-refractivity contribution in [2.45, 2.75) is 31.6 Å². The molecule has 8 heteroatoms. The highest BCUT2D eigenvalue weighted by Gasteiger charge is 2.20. The maximum Gasteiger partial charge on any atom is 0.264 e. The summed E-state index contributed by atoms with van der Waals surface area (Å²) >= 11 is 6.00. The molecule has 0 spiro atoms.